The number of hydrogen-bond donors (Lipinski definition) is 6. The lowest BCUT2D eigenvalue weighted by Gasteiger charge is -2.25. The van der Waals surface area contributed by atoms with Crippen molar-refractivity contribution in [1.82, 2.24) is 16.0 Å². The van der Waals surface area contributed by atoms with Gasteiger partial charge in [0.1, 0.15) is 17.7 Å². The molecule has 0 fully saturated rings. The van der Waals surface area contributed by atoms with E-state index in [4.69, 9.17) is 26.7 Å². The van der Waals surface area contributed by atoms with E-state index >= 15 is 0 Å². The number of carbonyl (C=O) groups excluding carboxylic acids is 4. The SMILES string of the molecule is COC(=O)C(CCCCNC(=O)C(N)CCCCN)NC(=O)C(CCCCN)NC(=O)OC(C)(C)C. The Morgan fingerprint density at radius 2 is 1.33 bits per heavy atom. The molecule has 36 heavy (non-hydrogen) atoms. The highest BCUT2D eigenvalue weighted by Gasteiger charge is 2.28. The molecule has 9 N–H and O–H groups in total. The molecule has 0 spiro atoms. The Morgan fingerprint density at radius 3 is 1.89 bits per heavy atom. The quantitative estimate of drug-likeness (QED) is 0.110. The monoisotopic (exact) mass is 516 g/mol. The number of ether oxygens (including phenoxy) is 2. The van der Waals surface area contributed by atoms with Gasteiger partial charge in [0.05, 0.1) is 13.2 Å². The molecule has 0 aromatic heterocycles. The lowest BCUT2D eigenvalue weighted by Crippen LogP contribution is -2.52. The normalized spacial score (nSPS) is 13.8. The number of alkyl carbamates (subject to hydrolysis) is 1. The van der Waals surface area contributed by atoms with Crippen LogP contribution in [-0.4, -0.2) is 74.3 Å². The molecule has 0 heterocycles. The summed E-state index contributed by atoms with van der Waals surface area (Å²) >= 11 is 0. The van der Waals surface area contributed by atoms with E-state index in [-0.39, 0.29) is 5.91 Å². The highest BCUT2D eigenvalue weighted by molar-refractivity contribution is 5.89. The molecule has 0 saturated carbocycles. The maximum atomic E-state index is 12.9. The van der Waals surface area contributed by atoms with Crippen molar-refractivity contribution in [1.29, 1.82) is 0 Å². The first-order valence-electron chi connectivity index (χ1n) is 12.8. The number of unbranched alkanes of at least 4 members (excludes halogenated alkanes) is 3. The van der Waals surface area contributed by atoms with Crippen molar-refractivity contribution in [3.05, 3.63) is 0 Å². The molecule has 0 aliphatic carbocycles. The molecule has 0 aromatic carbocycles. The van der Waals surface area contributed by atoms with Crippen LogP contribution in [0.1, 0.15) is 78.6 Å². The number of rotatable bonds is 18. The zero-order valence-corrected chi connectivity index (χ0v) is 22.4. The van der Waals surface area contributed by atoms with Crippen LogP contribution < -0.4 is 33.2 Å². The molecule has 0 rings (SSSR count). The summed E-state index contributed by atoms with van der Waals surface area (Å²) in [4.78, 5) is 49.5. The summed E-state index contributed by atoms with van der Waals surface area (Å²) in [5.74, 6) is -1.32. The van der Waals surface area contributed by atoms with Gasteiger partial charge in [0.25, 0.3) is 0 Å². The fourth-order valence-electron chi connectivity index (χ4n) is 3.33. The summed E-state index contributed by atoms with van der Waals surface area (Å²) < 4.78 is 10.1. The molecule has 0 aromatic rings. The number of nitrogens with two attached hydrogens (primary N) is 3. The van der Waals surface area contributed by atoms with E-state index in [9.17, 15) is 19.2 Å². The number of hydrogen-bond acceptors (Lipinski definition) is 9. The Hall–Kier alpha value is -2.44. The average Bonchev–Trinajstić information content (AvgIpc) is 2.80. The van der Waals surface area contributed by atoms with Gasteiger partial charge in [0.2, 0.25) is 11.8 Å². The van der Waals surface area contributed by atoms with Gasteiger partial charge in [-0.25, -0.2) is 9.59 Å². The van der Waals surface area contributed by atoms with Crippen LogP contribution in [0.5, 0.6) is 0 Å². The van der Waals surface area contributed by atoms with Gasteiger partial charge in [-0.2, -0.15) is 0 Å². The Morgan fingerprint density at radius 1 is 0.778 bits per heavy atom. The number of esters is 1. The molecule has 210 valence electrons. The second-order valence-electron chi connectivity index (χ2n) is 9.75. The van der Waals surface area contributed by atoms with Crippen LogP contribution in [-0.2, 0) is 23.9 Å². The Bertz CT molecular complexity index is 670. The van der Waals surface area contributed by atoms with E-state index in [1.807, 2.05) is 0 Å². The highest BCUT2D eigenvalue weighted by atomic mass is 16.6. The second-order valence-corrected chi connectivity index (χ2v) is 9.75. The molecule has 3 amide bonds. The Balaban J connectivity index is 4.82. The van der Waals surface area contributed by atoms with E-state index in [1.54, 1.807) is 20.8 Å². The third-order valence-electron chi connectivity index (χ3n) is 5.28. The first-order chi connectivity index (χ1) is 16.9. The number of nitrogens with one attached hydrogen (secondary N) is 3. The molecule has 3 atom stereocenters. The zero-order valence-electron chi connectivity index (χ0n) is 22.4. The fraction of sp³-hybridized carbons (Fsp3) is 0.833. The average molecular weight is 517 g/mol. The molecule has 0 aliphatic rings. The van der Waals surface area contributed by atoms with Crippen LogP contribution in [0.4, 0.5) is 4.79 Å². The fourth-order valence-corrected chi connectivity index (χ4v) is 3.33. The molecule has 0 aliphatic heterocycles. The van der Waals surface area contributed by atoms with Gasteiger partial charge in [-0.1, -0.05) is 6.42 Å². The predicted octanol–water partition coefficient (Wildman–Crippen LogP) is 0.409. The van der Waals surface area contributed by atoms with Crippen molar-refractivity contribution in [2.24, 2.45) is 17.2 Å². The van der Waals surface area contributed by atoms with E-state index in [0.717, 1.165) is 12.8 Å². The maximum absolute atomic E-state index is 12.9. The minimum Gasteiger partial charge on any atom is -0.467 e. The van der Waals surface area contributed by atoms with Crippen molar-refractivity contribution in [2.75, 3.05) is 26.7 Å². The van der Waals surface area contributed by atoms with Crippen molar-refractivity contribution in [3.8, 4) is 0 Å². The lowest BCUT2D eigenvalue weighted by atomic mass is 10.1. The molecule has 3 unspecified atom stereocenters. The minimum atomic E-state index is -0.894. The molecule has 12 heteroatoms. The zero-order chi connectivity index (χ0) is 27.6. The van der Waals surface area contributed by atoms with Gasteiger partial charge in [-0.15, -0.1) is 0 Å². The molecule has 0 radical (unpaired) electrons. The van der Waals surface area contributed by atoms with E-state index < -0.39 is 41.7 Å². The van der Waals surface area contributed by atoms with Gasteiger partial charge in [-0.3, -0.25) is 9.59 Å². The predicted molar refractivity (Wildman–Crippen MR) is 138 cm³/mol. The first-order valence-corrected chi connectivity index (χ1v) is 12.8. The van der Waals surface area contributed by atoms with Gasteiger partial charge in [0.15, 0.2) is 0 Å². The van der Waals surface area contributed by atoms with Crippen molar-refractivity contribution >= 4 is 23.9 Å². The number of carbonyl (C=O) groups is 4. The lowest BCUT2D eigenvalue weighted by molar-refractivity contribution is -0.145. The first kappa shape index (κ1) is 33.6. The van der Waals surface area contributed by atoms with Crippen molar-refractivity contribution in [3.63, 3.8) is 0 Å². The van der Waals surface area contributed by atoms with Gasteiger partial charge in [0, 0.05) is 6.54 Å². The molecular weight excluding hydrogens is 468 g/mol. The summed E-state index contributed by atoms with van der Waals surface area (Å²) in [5.41, 5.74) is 16.1. The standard InChI is InChI=1S/C24H48N6O6/c1-24(2,3)36-23(34)30-18(12-6-9-15-26)21(32)29-19(22(33)35-4)13-7-10-16-28-20(31)17(27)11-5-8-14-25/h17-19H,5-16,25-27H2,1-4H3,(H,28,31)(H,29,32)(H,30,34). The molecule has 0 saturated heterocycles. The van der Waals surface area contributed by atoms with Crippen LogP contribution in [0, 0.1) is 0 Å². The summed E-state index contributed by atoms with van der Waals surface area (Å²) in [6.45, 7) is 6.59. The van der Waals surface area contributed by atoms with Crippen LogP contribution in [0.2, 0.25) is 0 Å². The smallest absolute Gasteiger partial charge is 0.408 e. The van der Waals surface area contributed by atoms with Gasteiger partial charge < -0.3 is 42.6 Å². The molecule has 12 nitrogen and oxygen atoms in total. The van der Waals surface area contributed by atoms with Crippen molar-refractivity contribution < 1.29 is 28.7 Å². The van der Waals surface area contributed by atoms with Crippen LogP contribution in [0.3, 0.4) is 0 Å². The summed E-state index contributed by atoms with van der Waals surface area (Å²) in [6, 6.07) is -2.36. The van der Waals surface area contributed by atoms with E-state index in [1.165, 1.54) is 7.11 Å². The Labute approximate surface area is 215 Å². The van der Waals surface area contributed by atoms with E-state index in [0.29, 0.717) is 64.6 Å². The number of methoxy groups -OCH3 is 1. The minimum absolute atomic E-state index is 0.224. The molecule has 0 bridgehead atoms. The van der Waals surface area contributed by atoms with E-state index in [2.05, 4.69) is 16.0 Å². The number of amides is 3. The maximum Gasteiger partial charge on any atom is 0.408 e. The van der Waals surface area contributed by atoms with Crippen LogP contribution in [0.25, 0.3) is 0 Å². The molecular formula is C24H48N6O6. The van der Waals surface area contributed by atoms with Crippen LogP contribution in [0.15, 0.2) is 0 Å². The van der Waals surface area contributed by atoms with Gasteiger partial charge in [-0.05, 0) is 85.2 Å². The third-order valence-corrected chi connectivity index (χ3v) is 5.28. The summed E-state index contributed by atoms with van der Waals surface area (Å²) in [5, 5.41) is 8.04. The largest absolute Gasteiger partial charge is 0.467 e. The van der Waals surface area contributed by atoms with Gasteiger partial charge >= 0.3 is 12.1 Å². The third kappa shape index (κ3) is 16.3. The Kier molecular flexibility index (Phi) is 17.5. The van der Waals surface area contributed by atoms with Crippen LogP contribution >= 0.6 is 0 Å². The summed E-state index contributed by atoms with van der Waals surface area (Å²) in [6.07, 6.45) is 4.53. The van der Waals surface area contributed by atoms with Crippen molar-refractivity contribution in [2.45, 2.75) is 102 Å². The second kappa shape index (κ2) is 18.8. The highest BCUT2D eigenvalue weighted by Crippen LogP contribution is 2.10. The topological polar surface area (TPSA) is 201 Å². The summed E-state index contributed by atoms with van der Waals surface area (Å²) in [7, 11) is 1.24.